The molecule has 1 aliphatic rings. The third-order valence-corrected chi connectivity index (χ3v) is 5.61. The van der Waals surface area contributed by atoms with E-state index in [1.165, 1.54) is 6.07 Å². The highest BCUT2D eigenvalue weighted by molar-refractivity contribution is 5.77. The van der Waals surface area contributed by atoms with E-state index >= 15 is 0 Å². The molecule has 7 heteroatoms. The number of methoxy groups -OCH3 is 2. The summed E-state index contributed by atoms with van der Waals surface area (Å²) >= 11 is 0. The van der Waals surface area contributed by atoms with Crippen LogP contribution < -0.4 is 20.5 Å². The van der Waals surface area contributed by atoms with Gasteiger partial charge < -0.3 is 25.3 Å². The van der Waals surface area contributed by atoms with Gasteiger partial charge in [-0.3, -0.25) is 4.99 Å². The normalized spacial score (nSPS) is 16.2. The predicted octanol–water partition coefficient (Wildman–Crippen LogP) is 3.04. The Morgan fingerprint density at radius 3 is 2.60 bits per heavy atom. The number of nitrogens with zero attached hydrogens (tertiary/aromatic N) is 1. The summed E-state index contributed by atoms with van der Waals surface area (Å²) in [6.07, 6.45) is 2.34. The van der Waals surface area contributed by atoms with Crippen LogP contribution in [0.15, 0.2) is 47.5 Å². The molecule has 3 rings (SSSR count). The molecule has 0 aromatic heterocycles. The number of hydrogen-bond acceptors (Lipinski definition) is 4. The van der Waals surface area contributed by atoms with Crippen LogP contribution in [0.1, 0.15) is 24.0 Å². The fourth-order valence-electron chi connectivity index (χ4n) is 3.78. The molecule has 2 aromatic carbocycles. The summed E-state index contributed by atoms with van der Waals surface area (Å²) in [5.41, 5.74) is 7.92. The van der Waals surface area contributed by atoms with Crippen LogP contribution in [-0.4, -0.2) is 46.5 Å². The van der Waals surface area contributed by atoms with Crippen molar-refractivity contribution >= 4 is 5.96 Å². The highest BCUT2D eigenvalue weighted by atomic mass is 19.1. The first-order valence-electron chi connectivity index (χ1n) is 10.1. The Hall–Kier alpha value is -2.80. The molecule has 1 saturated heterocycles. The summed E-state index contributed by atoms with van der Waals surface area (Å²) in [5.74, 6) is 1.56. The smallest absolute Gasteiger partial charge is 0.188 e. The summed E-state index contributed by atoms with van der Waals surface area (Å²) in [6.45, 7) is 2.41. The van der Waals surface area contributed by atoms with E-state index in [0.29, 0.717) is 43.8 Å². The molecule has 2 aromatic rings. The lowest BCUT2D eigenvalue weighted by molar-refractivity contribution is 0.0530. The van der Waals surface area contributed by atoms with E-state index in [-0.39, 0.29) is 11.2 Å². The van der Waals surface area contributed by atoms with Gasteiger partial charge in [0.05, 0.1) is 20.8 Å². The standard InChI is InChI=1S/C23H30FN3O3/c1-28-20-7-6-17(14-21(20)29-2)8-11-26-22(25)27-16-23(9-12-30-13-10-23)18-4-3-5-19(24)15-18/h3-7,14-15H,8-13,16H2,1-2H3,(H3,25,26,27). The van der Waals surface area contributed by atoms with Gasteiger partial charge in [0.25, 0.3) is 0 Å². The molecule has 0 aliphatic carbocycles. The number of hydrogen-bond donors (Lipinski definition) is 2. The van der Waals surface area contributed by atoms with Gasteiger partial charge in [0.1, 0.15) is 5.82 Å². The molecule has 0 amide bonds. The van der Waals surface area contributed by atoms with E-state index < -0.39 is 0 Å². The third-order valence-electron chi connectivity index (χ3n) is 5.61. The van der Waals surface area contributed by atoms with Crippen molar-refractivity contribution in [3.8, 4) is 11.5 Å². The molecule has 0 spiro atoms. The fraction of sp³-hybridized carbons (Fsp3) is 0.435. The Balaban J connectivity index is 1.60. The van der Waals surface area contributed by atoms with Gasteiger partial charge in [-0.05, 0) is 54.7 Å². The molecule has 0 radical (unpaired) electrons. The molecule has 3 N–H and O–H groups in total. The Morgan fingerprint density at radius 2 is 1.90 bits per heavy atom. The molecule has 30 heavy (non-hydrogen) atoms. The number of ether oxygens (including phenoxy) is 3. The monoisotopic (exact) mass is 415 g/mol. The Morgan fingerprint density at radius 1 is 1.13 bits per heavy atom. The van der Waals surface area contributed by atoms with Gasteiger partial charge in [0, 0.05) is 25.2 Å². The molecule has 0 bridgehead atoms. The van der Waals surface area contributed by atoms with Crippen molar-refractivity contribution in [3.63, 3.8) is 0 Å². The van der Waals surface area contributed by atoms with Crippen LogP contribution in [0.5, 0.6) is 11.5 Å². The number of nitrogens with one attached hydrogen (secondary N) is 1. The molecule has 1 aliphatic heterocycles. The zero-order valence-electron chi connectivity index (χ0n) is 17.6. The number of rotatable bonds is 8. The van der Waals surface area contributed by atoms with Gasteiger partial charge in [-0.2, -0.15) is 0 Å². The summed E-state index contributed by atoms with van der Waals surface area (Å²) in [4.78, 5) is 4.58. The predicted molar refractivity (Wildman–Crippen MR) is 116 cm³/mol. The number of nitrogens with two attached hydrogens (primary N) is 1. The quantitative estimate of drug-likeness (QED) is 0.512. The first-order valence-corrected chi connectivity index (χ1v) is 10.1. The van der Waals surface area contributed by atoms with Gasteiger partial charge in [0.15, 0.2) is 17.5 Å². The molecule has 6 nitrogen and oxygen atoms in total. The Bertz CT molecular complexity index is 867. The molecular formula is C23H30FN3O3. The molecule has 1 fully saturated rings. The van der Waals surface area contributed by atoms with Crippen molar-refractivity contribution in [2.45, 2.75) is 24.7 Å². The van der Waals surface area contributed by atoms with Crippen molar-refractivity contribution in [3.05, 3.63) is 59.4 Å². The van der Waals surface area contributed by atoms with Crippen molar-refractivity contribution in [1.29, 1.82) is 0 Å². The van der Waals surface area contributed by atoms with Gasteiger partial charge in [0.2, 0.25) is 0 Å². The first-order chi connectivity index (χ1) is 14.6. The van der Waals surface area contributed by atoms with Crippen molar-refractivity contribution in [2.24, 2.45) is 10.7 Å². The number of guanidine groups is 1. The van der Waals surface area contributed by atoms with Gasteiger partial charge in [-0.15, -0.1) is 0 Å². The van der Waals surface area contributed by atoms with E-state index in [9.17, 15) is 4.39 Å². The lowest BCUT2D eigenvalue weighted by atomic mass is 9.74. The zero-order chi connectivity index (χ0) is 21.4. The van der Waals surface area contributed by atoms with Crippen molar-refractivity contribution < 1.29 is 18.6 Å². The highest BCUT2D eigenvalue weighted by Crippen LogP contribution is 2.35. The second-order valence-electron chi connectivity index (χ2n) is 7.47. The molecular weight excluding hydrogens is 385 g/mol. The topological polar surface area (TPSA) is 78.1 Å². The molecule has 0 atom stereocenters. The van der Waals surface area contributed by atoms with E-state index in [1.807, 2.05) is 24.3 Å². The summed E-state index contributed by atoms with van der Waals surface area (Å²) in [7, 11) is 3.24. The van der Waals surface area contributed by atoms with Crippen LogP contribution >= 0.6 is 0 Å². The lowest BCUT2D eigenvalue weighted by Crippen LogP contribution is -2.39. The number of halogens is 1. The van der Waals surface area contributed by atoms with Crippen molar-refractivity contribution in [2.75, 3.05) is 40.5 Å². The minimum absolute atomic E-state index is 0.233. The van der Waals surface area contributed by atoms with E-state index in [1.54, 1.807) is 26.4 Å². The van der Waals surface area contributed by atoms with Crippen LogP contribution in [0, 0.1) is 5.82 Å². The molecule has 0 unspecified atom stereocenters. The zero-order valence-corrected chi connectivity index (χ0v) is 17.6. The maximum Gasteiger partial charge on any atom is 0.188 e. The summed E-state index contributed by atoms with van der Waals surface area (Å²) in [6, 6.07) is 12.6. The summed E-state index contributed by atoms with van der Waals surface area (Å²) in [5, 5.41) is 3.17. The SMILES string of the molecule is COc1ccc(CCNC(N)=NCC2(c3cccc(F)c3)CCOCC2)cc1OC. The van der Waals surface area contributed by atoms with Crippen LogP contribution in [0.25, 0.3) is 0 Å². The minimum atomic E-state index is -0.254. The average molecular weight is 416 g/mol. The van der Waals surface area contributed by atoms with E-state index in [4.69, 9.17) is 19.9 Å². The van der Waals surface area contributed by atoms with Gasteiger partial charge in [-0.1, -0.05) is 18.2 Å². The second-order valence-corrected chi connectivity index (χ2v) is 7.47. The Labute approximate surface area is 177 Å². The fourth-order valence-corrected chi connectivity index (χ4v) is 3.78. The van der Waals surface area contributed by atoms with Crippen LogP contribution in [0.4, 0.5) is 4.39 Å². The highest BCUT2D eigenvalue weighted by Gasteiger charge is 2.34. The van der Waals surface area contributed by atoms with Crippen LogP contribution in [-0.2, 0) is 16.6 Å². The maximum absolute atomic E-state index is 13.8. The molecule has 1 heterocycles. The molecule has 162 valence electrons. The third kappa shape index (κ3) is 5.42. The maximum atomic E-state index is 13.8. The molecule has 0 saturated carbocycles. The Kier molecular flexibility index (Phi) is 7.52. The minimum Gasteiger partial charge on any atom is -0.493 e. The summed E-state index contributed by atoms with van der Waals surface area (Å²) < 4.78 is 29.9. The number of benzene rings is 2. The van der Waals surface area contributed by atoms with Crippen LogP contribution in [0.2, 0.25) is 0 Å². The average Bonchev–Trinajstić information content (AvgIpc) is 2.78. The largest absolute Gasteiger partial charge is 0.493 e. The van der Waals surface area contributed by atoms with E-state index in [0.717, 1.165) is 30.4 Å². The first kappa shape index (κ1) is 21.9. The lowest BCUT2D eigenvalue weighted by Gasteiger charge is -2.36. The van der Waals surface area contributed by atoms with E-state index in [2.05, 4.69) is 10.3 Å². The van der Waals surface area contributed by atoms with Gasteiger partial charge in [-0.25, -0.2) is 4.39 Å². The van der Waals surface area contributed by atoms with Crippen LogP contribution in [0.3, 0.4) is 0 Å². The number of aliphatic imine (C=N–C) groups is 1. The second kappa shape index (κ2) is 10.3. The van der Waals surface area contributed by atoms with Gasteiger partial charge >= 0.3 is 0 Å². The van der Waals surface area contributed by atoms with Crippen molar-refractivity contribution in [1.82, 2.24) is 5.32 Å².